The first kappa shape index (κ1) is 23.0. The van der Waals surface area contributed by atoms with Crippen molar-refractivity contribution in [3.63, 3.8) is 0 Å². The van der Waals surface area contributed by atoms with E-state index in [1.54, 1.807) is 30.3 Å². The molecule has 0 saturated heterocycles. The molecule has 2 atom stereocenters. The SMILES string of the molecule is O=C(N[C@@H](Cc1ccc(N2CC3(CC3=O)c3cc(F)ccc32)cc1)C(=O)O)c1c(F)cccc1Cl. The smallest absolute Gasteiger partial charge is 0.326 e. The number of hydrogen-bond donors (Lipinski definition) is 2. The van der Waals surface area contributed by atoms with E-state index in [9.17, 15) is 28.3 Å². The number of rotatable bonds is 6. The van der Waals surface area contributed by atoms with Crippen LogP contribution < -0.4 is 10.2 Å². The van der Waals surface area contributed by atoms with Crippen molar-refractivity contribution < 1.29 is 28.3 Å². The van der Waals surface area contributed by atoms with Gasteiger partial charge in [-0.15, -0.1) is 0 Å². The van der Waals surface area contributed by atoms with Crippen molar-refractivity contribution in [1.82, 2.24) is 5.32 Å². The first-order valence-corrected chi connectivity index (χ1v) is 11.2. The summed E-state index contributed by atoms with van der Waals surface area (Å²) >= 11 is 5.91. The summed E-state index contributed by atoms with van der Waals surface area (Å²) in [6.45, 7) is 0.418. The molecular weight excluding hydrogens is 478 g/mol. The lowest BCUT2D eigenvalue weighted by Crippen LogP contribution is -2.42. The zero-order valence-electron chi connectivity index (χ0n) is 18.2. The minimum absolute atomic E-state index is 0.0440. The molecular formula is C26H19ClF2N2O4. The third-order valence-electron chi connectivity index (χ3n) is 6.55. The predicted molar refractivity (Wildman–Crippen MR) is 125 cm³/mol. The fraction of sp³-hybridized carbons (Fsp3) is 0.192. The summed E-state index contributed by atoms with van der Waals surface area (Å²) < 4.78 is 27.9. The lowest BCUT2D eigenvalue weighted by atomic mass is 9.98. The molecule has 178 valence electrons. The van der Waals surface area contributed by atoms with E-state index in [1.165, 1.54) is 24.3 Å². The van der Waals surface area contributed by atoms with Crippen LogP contribution in [0.15, 0.2) is 60.7 Å². The third-order valence-corrected chi connectivity index (χ3v) is 6.86. The van der Waals surface area contributed by atoms with Crippen molar-refractivity contribution >= 4 is 40.6 Å². The van der Waals surface area contributed by atoms with Crippen molar-refractivity contribution in [2.24, 2.45) is 0 Å². The number of hydrogen-bond acceptors (Lipinski definition) is 4. The van der Waals surface area contributed by atoms with E-state index in [0.29, 0.717) is 24.1 Å². The minimum atomic E-state index is -1.31. The van der Waals surface area contributed by atoms with Crippen molar-refractivity contribution in [3.8, 4) is 0 Å². The Balaban J connectivity index is 1.34. The van der Waals surface area contributed by atoms with Gasteiger partial charge in [0.05, 0.1) is 16.0 Å². The Morgan fingerprint density at radius 1 is 1.11 bits per heavy atom. The maximum absolute atomic E-state index is 14.0. The molecule has 0 aromatic heterocycles. The van der Waals surface area contributed by atoms with E-state index in [2.05, 4.69) is 5.32 Å². The number of ketones is 1. The van der Waals surface area contributed by atoms with E-state index < -0.39 is 40.5 Å². The van der Waals surface area contributed by atoms with Gasteiger partial charge in [0.2, 0.25) is 0 Å². The Bertz CT molecular complexity index is 1360. The van der Waals surface area contributed by atoms with Crippen molar-refractivity contribution in [1.29, 1.82) is 0 Å². The highest BCUT2D eigenvalue weighted by Crippen LogP contribution is 2.55. The molecule has 1 fully saturated rings. The van der Waals surface area contributed by atoms with E-state index >= 15 is 0 Å². The van der Waals surface area contributed by atoms with E-state index in [-0.39, 0.29) is 17.2 Å². The lowest BCUT2D eigenvalue weighted by molar-refractivity contribution is -0.139. The Kier molecular flexibility index (Phi) is 5.56. The second-order valence-electron chi connectivity index (χ2n) is 8.76. The highest BCUT2D eigenvalue weighted by molar-refractivity contribution is 6.33. The van der Waals surface area contributed by atoms with Gasteiger partial charge in [-0.05, 0) is 53.6 Å². The van der Waals surface area contributed by atoms with Gasteiger partial charge in [-0.2, -0.15) is 0 Å². The van der Waals surface area contributed by atoms with E-state index in [1.807, 2.05) is 4.90 Å². The summed E-state index contributed by atoms with van der Waals surface area (Å²) in [6, 6.07) is 13.9. The lowest BCUT2D eigenvalue weighted by Gasteiger charge is -2.21. The third kappa shape index (κ3) is 4.04. The van der Waals surface area contributed by atoms with Gasteiger partial charge in [-0.3, -0.25) is 9.59 Å². The molecule has 0 bridgehead atoms. The van der Waals surface area contributed by atoms with Gasteiger partial charge in [-0.25, -0.2) is 13.6 Å². The summed E-state index contributed by atoms with van der Waals surface area (Å²) in [4.78, 5) is 38.4. The second kappa shape index (κ2) is 8.46. The summed E-state index contributed by atoms with van der Waals surface area (Å²) in [6.07, 6.45) is 0.335. The Hall–Kier alpha value is -3.78. The first-order valence-electron chi connectivity index (χ1n) is 10.9. The number of amides is 1. The maximum atomic E-state index is 14.0. The van der Waals surface area contributed by atoms with Crippen LogP contribution >= 0.6 is 11.6 Å². The van der Waals surface area contributed by atoms with Crippen molar-refractivity contribution in [3.05, 3.63) is 94.0 Å². The van der Waals surface area contributed by atoms with Gasteiger partial charge < -0.3 is 15.3 Å². The van der Waals surface area contributed by atoms with Crippen LogP contribution in [0.5, 0.6) is 0 Å². The van der Waals surface area contributed by atoms with Crippen LogP contribution in [0.4, 0.5) is 20.2 Å². The number of anilines is 2. The monoisotopic (exact) mass is 496 g/mol. The number of carboxylic acid groups (broad SMARTS) is 1. The molecule has 5 rings (SSSR count). The summed E-state index contributed by atoms with van der Waals surface area (Å²) in [5.41, 5.74) is 1.77. The maximum Gasteiger partial charge on any atom is 0.326 e. The highest BCUT2D eigenvalue weighted by Gasteiger charge is 2.60. The second-order valence-corrected chi connectivity index (χ2v) is 9.17. The van der Waals surface area contributed by atoms with Gasteiger partial charge in [0.1, 0.15) is 23.5 Å². The number of nitrogens with zero attached hydrogens (tertiary/aromatic N) is 1. The highest BCUT2D eigenvalue weighted by atomic mass is 35.5. The Morgan fingerprint density at radius 3 is 2.46 bits per heavy atom. The number of carbonyl (C=O) groups excluding carboxylic acids is 2. The molecule has 1 saturated carbocycles. The Labute approximate surface area is 204 Å². The van der Waals surface area contributed by atoms with Crippen LogP contribution in [0.25, 0.3) is 0 Å². The number of halogens is 3. The van der Waals surface area contributed by atoms with Gasteiger partial charge >= 0.3 is 5.97 Å². The number of nitrogens with one attached hydrogen (secondary N) is 1. The topological polar surface area (TPSA) is 86.7 Å². The largest absolute Gasteiger partial charge is 0.480 e. The summed E-state index contributed by atoms with van der Waals surface area (Å²) in [7, 11) is 0. The minimum Gasteiger partial charge on any atom is -0.480 e. The van der Waals surface area contributed by atoms with Crippen LogP contribution in [0.3, 0.4) is 0 Å². The molecule has 35 heavy (non-hydrogen) atoms. The van der Waals surface area contributed by atoms with Gasteiger partial charge in [0, 0.05) is 30.8 Å². The van der Waals surface area contributed by atoms with Gasteiger partial charge in [0.25, 0.3) is 5.91 Å². The molecule has 3 aromatic carbocycles. The van der Waals surface area contributed by atoms with Gasteiger partial charge in [0.15, 0.2) is 0 Å². The number of benzene rings is 3. The van der Waals surface area contributed by atoms with Crippen LogP contribution in [0.1, 0.15) is 27.9 Å². The van der Waals surface area contributed by atoms with Gasteiger partial charge in [-0.1, -0.05) is 29.8 Å². The number of Topliss-reactive ketones (excluding diaryl/α,β-unsaturated/α-hetero) is 1. The number of aliphatic carboxylic acids is 1. The molecule has 2 aliphatic rings. The van der Waals surface area contributed by atoms with Crippen molar-refractivity contribution in [2.45, 2.75) is 24.3 Å². The number of carbonyl (C=O) groups is 3. The van der Waals surface area contributed by atoms with Crippen LogP contribution in [-0.2, 0) is 21.4 Å². The molecule has 1 aliphatic carbocycles. The summed E-state index contributed by atoms with van der Waals surface area (Å²) in [5.74, 6) is -3.35. The molecule has 0 radical (unpaired) electrons. The zero-order valence-corrected chi connectivity index (χ0v) is 19.0. The molecule has 1 aliphatic heterocycles. The quantitative estimate of drug-likeness (QED) is 0.528. The molecule has 6 nitrogen and oxygen atoms in total. The fourth-order valence-electron chi connectivity index (χ4n) is 4.61. The fourth-order valence-corrected chi connectivity index (χ4v) is 4.86. The number of carboxylic acids is 1. The molecule has 1 unspecified atom stereocenters. The average molecular weight is 497 g/mol. The average Bonchev–Trinajstić information content (AvgIpc) is 3.36. The Morgan fingerprint density at radius 2 is 1.83 bits per heavy atom. The van der Waals surface area contributed by atoms with E-state index in [0.717, 1.165) is 17.4 Å². The summed E-state index contributed by atoms with van der Waals surface area (Å²) in [5, 5.41) is 11.8. The first-order chi connectivity index (χ1) is 16.7. The van der Waals surface area contributed by atoms with Crippen LogP contribution in [0.2, 0.25) is 5.02 Å². The molecule has 1 heterocycles. The molecule has 9 heteroatoms. The standard InChI is InChI=1S/C26H19ClF2N2O4/c27-18-2-1-3-19(29)23(18)24(33)30-20(25(34)35)10-14-4-7-16(8-5-14)31-13-26(12-22(26)32)17-11-15(28)6-9-21(17)31/h1-9,11,20H,10,12-13H2,(H,30,33)(H,34,35)/t20-,26?/m0/s1. The zero-order chi connectivity index (χ0) is 24.9. The predicted octanol–water partition coefficient (Wildman–Crippen LogP) is 4.41. The van der Waals surface area contributed by atoms with Crippen molar-refractivity contribution in [2.75, 3.05) is 11.4 Å². The molecule has 3 aromatic rings. The van der Waals surface area contributed by atoms with Crippen LogP contribution in [0, 0.1) is 11.6 Å². The normalized spacial score (nSPS) is 18.9. The molecule has 1 amide bonds. The number of fused-ring (bicyclic) bond motifs is 2. The van der Waals surface area contributed by atoms with E-state index in [4.69, 9.17) is 11.6 Å². The molecule has 2 N–H and O–H groups in total. The molecule has 1 spiro atoms. The van der Waals surface area contributed by atoms with Crippen LogP contribution in [-0.4, -0.2) is 35.4 Å².